The molecule has 3 heteroatoms. The van der Waals surface area contributed by atoms with Crippen molar-refractivity contribution in [2.24, 2.45) is 0 Å². The van der Waals surface area contributed by atoms with Gasteiger partial charge in [0, 0.05) is 34.9 Å². The Kier molecular flexibility index (Phi) is 7.61. The maximum atomic E-state index is 2.69. The first-order valence-corrected chi connectivity index (χ1v) is 21.6. The highest BCUT2D eigenvalue weighted by Gasteiger charge is 2.48. The summed E-state index contributed by atoms with van der Waals surface area (Å²) in [6, 6.07) is 51.5. The summed E-state index contributed by atoms with van der Waals surface area (Å²) in [5.41, 5.74) is 27.0. The van der Waals surface area contributed by atoms with E-state index in [9.17, 15) is 0 Å². The average Bonchev–Trinajstić information content (AvgIpc) is 3.67. The molecule has 11 rings (SSSR count). The van der Waals surface area contributed by atoms with Gasteiger partial charge >= 0.3 is 0 Å². The fraction of sp³-hybridized carbons (Fsp3) is 0.250. The van der Waals surface area contributed by atoms with Crippen molar-refractivity contribution in [3.63, 3.8) is 0 Å². The molecule has 2 heterocycles. The fourth-order valence-electron chi connectivity index (χ4n) is 11.6. The molecule has 2 nitrogen and oxygen atoms in total. The lowest BCUT2D eigenvalue weighted by atomic mass is 9.33. The van der Waals surface area contributed by atoms with E-state index in [4.69, 9.17) is 0 Å². The zero-order valence-corrected chi connectivity index (χ0v) is 36.1. The second kappa shape index (κ2) is 12.4. The molecule has 0 saturated carbocycles. The number of rotatable bonds is 3. The molecule has 290 valence electrons. The normalized spacial score (nSPS) is 16.3. The first kappa shape index (κ1) is 36.3. The molecule has 0 aromatic heterocycles. The lowest BCUT2D eigenvalue weighted by molar-refractivity contribution is 0.403. The summed E-state index contributed by atoms with van der Waals surface area (Å²) in [6.07, 6.45) is 2.07. The Bertz CT molecular complexity index is 2910. The van der Waals surface area contributed by atoms with Gasteiger partial charge in [-0.25, -0.2) is 0 Å². The van der Waals surface area contributed by atoms with Crippen LogP contribution in [-0.4, -0.2) is 6.71 Å². The molecule has 0 unspecified atom stereocenters. The van der Waals surface area contributed by atoms with Crippen molar-refractivity contribution in [1.82, 2.24) is 0 Å². The number of fused-ring (bicyclic) bond motifs is 8. The summed E-state index contributed by atoms with van der Waals surface area (Å²) < 4.78 is 0. The molecule has 0 saturated heterocycles. The lowest BCUT2D eigenvalue weighted by Crippen LogP contribution is -2.62. The van der Waals surface area contributed by atoms with Crippen molar-refractivity contribution < 1.29 is 0 Å². The van der Waals surface area contributed by atoms with Crippen LogP contribution in [0, 0.1) is 13.8 Å². The Morgan fingerprint density at radius 2 is 1.17 bits per heavy atom. The third-order valence-corrected chi connectivity index (χ3v) is 14.2. The van der Waals surface area contributed by atoms with E-state index < -0.39 is 0 Å². The molecule has 0 atom stereocenters. The van der Waals surface area contributed by atoms with Gasteiger partial charge in [0.05, 0.1) is 5.69 Å². The number of aryl methyl sites for hydroxylation is 2. The molecule has 59 heavy (non-hydrogen) atoms. The molecule has 7 aromatic carbocycles. The van der Waals surface area contributed by atoms with Gasteiger partial charge in [0.2, 0.25) is 0 Å². The molecule has 0 radical (unpaired) electrons. The highest BCUT2D eigenvalue weighted by Crippen LogP contribution is 2.54. The van der Waals surface area contributed by atoms with Crippen LogP contribution in [0.2, 0.25) is 0 Å². The highest BCUT2D eigenvalue weighted by atomic mass is 15.2. The summed E-state index contributed by atoms with van der Waals surface area (Å²) in [6.45, 7) is 21.6. The van der Waals surface area contributed by atoms with E-state index in [1.54, 1.807) is 0 Å². The van der Waals surface area contributed by atoms with E-state index in [1.807, 2.05) is 0 Å². The molecule has 4 aliphatic rings. The van der Waals surface area contributed by atoms with Gasteiger partial charge in [-0.3, -0.25) is 0 Å². The van der Waals surface area contributed by atoms with Gasteiger partial charge in [-0.1, -0.05) is 139 Å². The third kappa shape index (κ3) is 5.32. The minimum absolute atomic E-state index is 0.00340. The van der Waals surface area contributed by atoms with Gasteiger partial charge in [0.1, 0.15) is 0 Å². The van der Waals surface area contributed by atoms with Gasteiger partial charge in [0.25, 0.3) is 6.71 Å². The standard InChI is InChI=1S/C56H53BN2/c1-34-26-51-53-52(27-34)59(48-21-15-20-41-40-19-14-13-18-38(40)29-42(41)48)50-32-44-43(55(6,7)33-56(44,8)9)31-46(50)57(53)45-30-39(54(3,4)5)23-25-49(45)58(51)47-24-22-37(28-35(47)2)36-16-11-10-12-17-36/h10-28,30-32H,29,33H2,1-9H3. The van der Waals surface area contributed by atoms with E-state index in [2.05, 4.69) is 206 Å². The SMILES string of the molecule is Cc1cc2c3c(c1)N(c1cccc4c1Cc1ccccc1-4)c1cc4c(cc1B3c1cc(C(C)(C)C)ccc1N2c1ccc(-c2ccccc2)cc1C)C(C)(C)CC4(C)C. The van der Waals surface area contributed by atoms with Crippen LogP contribution in [0.15, 0.2) is 133 Å². The summed E-state index contributed by atoms with van der Waals surface area (Å²) >= 11 is 0. The quantitative estimate of drug-likeness (QED) is 0.165. The van der Waals surface area contributed by atoms with Crippen molar-refractivity contribution in [1.29, 1.82) is 0 Å². The van der Waals surface area contributed by atoms with E-state index >= 15 is 0 Å². The van der Waals surface area contributed by atoms with Crippen LogP contribution in [0.4, 0.5) is 34.1 Å². The van der Waals surface area contributed by atoms with Gasteiger partial charge in [-0.05, 0) is 157 Å². The first-order valence-electron chi connectivity index (χ1n) is 21.6. The molecular weight excluding hydrogens is 711 g/mol. The Morgan fingerprint density at radius 3 is 1.90 bits per heavy atom. The van der Waals surface area contributed by atoms with Gasteiger partial charge in [-0.15, -0.1) is 0 Å². The molecule has 0 fully saturated rings. The van der Waals surface area contributed by atoms with Crippen LogP contribution in [0.5, 0.6) is 0 Å². The lowest BCUT2D eigenvalue weighted by Gasteiger charge is -2.46. The van der Waals surface area contributed by atoms with E-state index in [1.165, 1.54) is 112 Å². The molecule has 0 bridgehead atoms. The predicted octanol–water partition coefficient (Wildman–Crippen LogP) is 12.9. The van der Waals surface area contributed by atoms with Crippen molar-refractivity contribution in [2.75, 3.05) is 9.80 Å². The molecule has 0 N–H and O–H groups in total. The molecule has 2 aliphatic carbocycles. The Balaban J connectivity index is 1.23. The third-order valence-electron chi connectivity index (χ3n) is 14.2. The van der Waals surface area contributed by atoms with Crippen molar-refractivity contribution in [2.45, 2.75) is 91.4 Å². The topological polar surface area (TPSA) is 6.48 Å². The van der Waals surface area contributed by atoms with E-state index in [0.29, 0.717) is 0 Å². The zero-order valence-electron chi connectivity index (χ0n) is 36.1. The molecule has 0 spiro atoms. The maximum absolute atomic E-state index is 2.69. The average molecular weight is 765 g/mol. The van der Waals surface area contributed by atoms with Gasteiger partial charge in [0.15, 0.2) is 0 Å². The van der Waals surface area contributed by atoms with Crippen molar-refractivity contribution >= 4 is 57.2 Å². The van der Waals surface area contributed by atoms with Crippen LogP contribution in [0.1, 0.15) is 93.8 Å². The zero-order chi connectivity index (χ0) is 40.7. The monoisotopic (exact) mass is 764 g/mol. The number of hydrogen-bond acceptors (Lipinski definition) is 2. The summed E-state index contributed by atoms with van der Waals surface area (Å²) in [5, 5.41) is 0. The first-order chi connectivity index (χ1) is 28.2. The largest absolute Gasteiger partial charge is 0.311 e. The predicted molar refractivity (Wildman–Crippen MR) is 253 cm³/mol. The van der Waals surface area contributed by atoms with E-state index in [0.717, 1.165) is 12.8 Å². The van der Waals surface area contributed by atoms with Crippen molar-refractivity contribution in [3.8, 4) is 22.3 Å². The van der Waals surface area contributed by atoms with Crippen LogP contribution < -0.4 is 26.2 Å². The molecule has 0 amide bonds. The van der Waals surface area contributed by atoms with Gasteiger partial charge in [-0.2, -0.15) is 0 Å². The van der Waals surface area contributed by atoms with E-state index in [-0.39, 0.29) is 23.0 Å². The second-order valence-corrected chi connectivity index (χ2v) is 20.2. The number of anilines is 6. The minimum atomic E-state index is -0.00340. The second-order valence-electron chi connectivity index (χ2n) is 20.2. The van der Waals surface area contributed by atoms with Crippen molar-refractivity contribution in [3.05, 3.63) is 172 Å². The molecular formula is C56H53BN2. The Hall–Kier alpha value is -5.80. The number of benzene rings is 7. The van der Waals surface area contributed by atoms with Crippen LogP contribution in [0.3, 0.4) is 0 Å². The molecule has 2 aliphatic heterocycles. The number of hydrogen-bond donors (Lipinski definition) is 0. The fourth-order valence-corrected chi connectivity index (χ4v) is 11.6. The van der Waals surface area contributed by atoms with Crippen LogP contribution in [-0.2, 0) is 22.7 Å². The maximum Gasteiger partial charge on any atom is 0.252 e. The smallest absolute Gasteiger partial charge is 0.252 e. The summed E-state index contributed by atoms with van der Waals surface area (Å²) in [7, 11) is 0. The minimum Gasteiger partial charge on any atom is -0.311 e. The Labute approximate surface area is 351 Å². The summed E-state index contributed by atoms with van der Waals surface area (Å²) in [5.74, 6) is 0. The molecule has 7 aromatic rings. The van der Waals surface area contributed by atoms with Gasteiger partial charge < -0.3 is 9.80 Å². The summed E-state index contributed by atoms with van der Waals surface area (Å²) in [4.78, 5) is 5.29. The number of nitrogens with zero attached hydrogens (tertiary/aromatic N) is 2. The van der Waals surface area contributed by atoms with Crippen LogP contribution in [0.25, 0.3) is 22.3 Å². The van der Waals surface area contributed by atoms with Crippen LogP contribution >= 0.6 is 0 Å². The Morgan fingerprint density at radius 1 is 0.525 bits per heavy atom. The highest BCUT2D eigenvalue weighted by molar-refractivity contribution is 7.00.